The summed E-state index contributed by atoms with van der Waals surface area (Å²) in [6, 6.07) is 3.40. The van der Waals surface area contributed by atoms with Crippen LogP contribution in [0.3, 0.4) is 0 Å². The zero-order valence-electron chi connectivity index (χ0n) is 11.6. The summed E-state index contributed by atoms with van der Waals surface area (Å²) >= 11 is 8.27. The standard InChI is InChI=1S/C15H17ClFIN2/c1-3-15(4-5-15)8-20-13-6-10(17)11(18)7-12(13)19-14(20)9(2)16/h6-7,9H,3-5,8H2,1-2H3. The van der Waals surface area contributed by atoms with Gasteiger partial charge in [-0.05, 0) is 60.3 Å². The Labute approximate surface area is 136 Å². The molecular weight excluding hydrogens is 390 g/mol. The molecule has 0 radical (unpaired) electrons. The largest absolute Gasteiger partial charge is 0.326 e. The van der Waals surface area contributed by atoms with E-state index in [1.54, 1.807) is 12.1 Å². The first-order chi connectivity index (χ1) is 9.46. The summed E-state index contributed by atoms with van der Waals surface area (Å²) in [6.07, 6.45) is 3.63. The van der Waals surface area contributed by atoms with E-state index in [9.17, 15) is 4.39 Å². The molecule has 0 spiro atoms. The van der Waals surface area contributed by atoms with Crippen molar-refractivity contribution < 1.29 is 4.39 Å². The lowest BCUT2D eigenvalue weighted by Crippen LogP contribution is -2.14. The van der Waals surface area contributed by atoms with E-state index in [-0.39, 0.29) is 11.2 Å². The molecule has 1 aliphatic rings. The third kappa shape index (κ3) is 2.45. The van der Waals surface area contributed by atoms with E-state index in [0.29, 0.717) is 8.99 Å². The Balaban J connectivity index is 2.15. The Bertz CT molecular complexity index is 661. The van der Waals surface area contributed by atoms with E-state index in [2.05, 4.69) is 16.5 Å². The van der Waals surface area contributed by atoms with Gasteiger partial charge in [0.05, 0.1) is 20.0 Å². The molecule has 0 saturated heterocycles. The van der Waals surface area contributed by atoms with Gasteiger partial charge in [0.15, 0.2) is 0 Å². The van der Waals surface area contributed by atoms with Gasteiger partial charge in [0.2, 0.25) is 0 Å². The van der Waals surface area contributed by atoms with Crippen LogP contribution in [-0.4, -0.2) is 9.55 Å². The van der Waals surface area contributed by atoms with Crippen LogP contribution in [0.2, 0.25) is 0 Å². The second-order valence-electron chi connectivity index (χ2n) is 5.78. The van der Waals surface area contributed by atoms with Crippen molar-refractivity contribution in [3.8, 4) is 0 Å². The molecule has 0 aliphatic heterocycles. The summed E-state index contributed by atoms with van der Waals surface area (Å²) in [7, 11) is 0. The molecule has 2 aromatic rings. The average molecular weight is 407 g/mol. The number of nitrogens with zero attached hydrogens (tertiary/aromatic N) is 2. The summed E-state index contributed by atoms with van der Waals surface area (Å²) < 4.78 is 16.6. The van der Waals surface area contributed by atoms with Gasteiger partial charge in [0.1, 0.15) is 11.6 Å². The number of halogens is 3. The molecular formula is C15H17ClFIN2. The SMILES string of the molecule is CCC1(Cn2c(C(C)Cl)nc3cc(I)c(F)cc32)CC1. The van der Waals surface area contributed by atoms with Gasteiger partial charge in [-0.15, -0.1) is 11.6 Å². The quantitative estimate of drug-likeness (QED) is 0.499. The molecule has 108 valence electrons. The topological polar surface area (TPSA) is 17.8 Å². The fraction of sp³-hybridized carbons (Fsp3) is 0.533. The van der Waals surface area contributed by atoms with E-state index in [1.807, 2.05) is 29.5 Å². The van der Waals surface area contributed by atoms with Crippen molar-refractivity contribution >= 4 is 45.2 Å². The highest BCUT2D eigenvalue weighted by molar-refractivity contribution is 14.1. The third-order valence-electron chi connectivity index (χ3n) is 4.38. The molecule has 1 saturated carbocycles. The van der Waals surface area contributed by atoms with Crippen molar-refractivity contribution in [1.29, 1.82) is 0 Å². The summed E-state index contributed by atoms with van der Waals surface area (Å²) in [5.41, 5.74) is 2.07. The summed E-state index contributed by atoms with van der Waals surface area (Å²) in [5.74, 6) is 0.664. The Kier molecular flexibility index (Phi) is 3.73. The summed E-state index contributed by atoms with van der Waals surface area (Å²) in [4.78, 5) is 4.62. The number of aromatic nitrogens is 2. The second kappa shape index (κ2) is 5.13. The normalized spacial score (nSPS) is 18.4. The number of hydrogen-bond acceptors (Lipinski definition) is 1. The molecule has 1 atom stereocenters. The molecule has 3 rings (SSSR count). The molecule has 1 unspecified atom stereocenters. The number of alkyl halides is 1. The predicted octanol–water partition coefficient (Wildman–Crippen LogP) is 5.27. The monoisotopic (exact) mass is 406 g/mol. The van der Waals surface area contributed by atoms with Gasteiger partial charge >= 0.3 is 0 Å². The maximum absolute atomic E-state index is 13.9. The Morgan fingerprint density at radius 2 is 2.20 bits per heavy atom. The molecule has 1 aromatic heterocycles. The van der Waals surface area contributed by atoms with Crippen LogP contribution >= 0.6 is 34.2 Å². The van der Waals surface area contributed by atoms with Crippen molar-refractivity contribution in [2.45, 2.75) is 45.0 Å². The molecule has 20 heavy (non-hydrogen) atoms. The van der Waals surface area contributed by atoms with Gasteiger partial charge in [0.25, 0.3) is 0 Å². The molecule has 1 fully saturated rings. The van der Waals surface area contributed by atoms with Crippen LogP contribution < -0.4 is 0 Å². The molecule has 0 bridgehead atoms. The summed E-state index contributed by atoms with van der Waals surface area (Å²) in [6.45, 7) is 5.04. The third-order valence-corrected chi connectivity index (χ3v) is 5.40. The van der Waals surface area contributed by atoms with Crippen molar-refractivity contribution in [3.63, 3.8) is 0 Å². The van der Waals surface area contributed by atoms with Crippen molar-refractivity contribution in [3.05, 3.63) is 27.3 Å². The maximum atomic E-state index is 13.9. The van der Waals surface area contributed by atoms with E-state index < -0.39 is 0 Å². The maximum Gasteiger partial charge on any atom is 0.138 e. The zero-order valence-corrected chi connectivity index (χ0v) is 14.5. The molecule has 1 heterocycles. The number of imidazole rings is 1. The predicted molar refractivity (Wildman–Crippen MR) is 88.6 cm³/mol. The van der Waals surface area contributed by atoms with Gasteiger partial charge in [-0.2, -0.15) is 0 Å². The minimum Gasteiger partial charge on any atom is -0.326 e. The molecule has 1 aromatic carbocycles. The first-order valence-electron chi connectivity index (χ1n) is 6.95. The highest BCUT2D eigenvalue weighted by atomic mass is 127. The fourth-order valence-corrected chi connectivity index (χ4v) is 3.36. The van der Waals surface area contributed by atoms with Gasteiger partial charge in [-0.3, -0.25) is 0 Å². The van der Waals surface area contributed by atoms with Crippen LogP contribution in [0.5, 0.6) is 0 Å². The Morgan fingerprint density at radius 3 is 2.75 bits per heavy atom. The summed E-state index contributed by atoms with van der Waals surface area (Å²) in [5, 5.41) is -0.171. The van der Waals surface area contributed by atoms with Gasteiger partial charge in [-0.1, -0.05) is 6.92 Å². The first kappa shape index (κ1) is 14.6. The molecule has 2 nitrogen and oxygen atoms in total. The molecule has 5 heteroatoms. The highest BCUT2D eigenvalue weighted by Crippen LogP contribution is 2.50. The molecule has 1 aliphatic carbocycles. The van der Waals surface area contributed by atoms with Gasteiger partial charge in [-0.25, -0.2) is 9.37 Å². The van der Waals surface area contributed by atoms with Crippen LogP contribution in [0.4, 0.5) is 4.39 Å². The Hall–Kier alpha value is -0.360. The lowest BCUT2D eigenvalue weighted by molar-refractivity contribution is 0.407. The van der Waals surface area contributed by atoms with Crippen LogP contribution in [0.25, 0.3) is 11.0 Å². The first-order valence-corrected chi connectivity index (χ1v) is 8.46. The van der Waals surface area contributed by atoms with Crippen LogP contribution in [0.15, 0.2) is 12.1 Å². The van der Waals surface area contributed by atoms with Crippen LogP contribution in [-0.2, 0) is 6.54 Å². The van der Waals surface area contributed by atoms with Gasteiger partial charge < -0.3 is 4.57 Å². The smallest absolute Gasteiger partial charge is 0.138 e. The molecule has 0 N–H and O–H groups in total. The minimum absolute atomic E-state index is 0.171. The highest BCUT2D eigenvalue weighted by Gasteiger charge is 2.41. The minimum atomic E-state index is -0.186. The zero-order chi connectivity index (χ0) is 14.5. The lowest BCUT2D eigenvalue weighted by atomic mass is 10.0. The fourth-order valence-electron chi connectivity index (χ4n) is 2.74. The Morgan fingerprint density at radius 1 is 1.50 bits per heavy atom. The van der Waals surface area contributed by atoms with Gasteiger partial charge in [0, 0.05) is 12.6 Å². The van der Waals surface area contributed by atoms with Crippen molar-refractivity contribution in [1.82, 2.24) is 9.55 Å². The van der Waals surface area contributed by atoms with Crippen LogP contribution in [0, 0.1) is 14.8 Å². The lowest BCUT2D eigenvalue weighted by Gasteiger charge is -2.17. The van der Waals surface area contributed by atoms with Crippen molar-refractivity contribution in [2.24, 2.45) is 5.41 Å². The number of rotatable bonds is 4. The van der Waals surface area contributed by atoms with E-state index in [1.165, 1.54) is 12.8 Å². The number of benzene rings is 1. The second-order valence-corrected chi connectivity index (χ2v) is 7.60. The average Bonchev–Trinajstić information content (AvgIpc) is 3.10. The van der Waals surface area contributed by atoms with E-state index in [0.717, 1.165) is 29.8 Å². The molecule has 0 amide bonds. The van der Waals surface area contributed by atoms with Crippen LogP contribution in [0.1, 0.15) is 44.3 Å². The van der Waals surface area contributed by atoms with E-state index in [4.69, 9.17) is 11.6 Å². The number of fused-ring (bicyclic) bond motifs is 1. The van der Waals surface area contributed by atoms with Crippen molar-refractivity contribution in [2.75, 3.05) is 0 Å². The number of hydrogen-bond donors (Lipinski definition) is 0. The van der Waals surface area contributed by atoms with E-state index >= 15 is 0 Å².